The fraction of sp³-hybridized carbons (Fsp3) is 0.400. The van der Waals surface area contributed by atoms with Gasteiger partial charge in [0.15, 0.2) is 0 Å². The standard InChI is InChI=1S/C5H6BrIN2O/c1-9-3(2-10)4(7)5(6)8-9/h10H,2H2,1H3. The van der Waals surface area contributed by atoms with Gasteiger partial charge in [-0.2, -0.15) is 5.10 Å². The van der Waals surface area contributed by atoms with E-state index in [0.717, 1.165) is 13.9 Å². The molecule has 0 aliphatic heterocycles. The molecule has 3 nitrogen and oxygen atoms in total. The highest BCUT2D eigenvalue weighted by atomic mass is 127. The number of nitrogens with zero attached hydrogens (tertiary/aromatic N) is 2. The Balaban J connectivity index is 3.20. The first-order valence-corrected chi connectivity index (χ1v) is 4.51. The van der Waals surface area contributed by atoms with Crippen LogP contribution in [0, 0.1) is 3.57 Å². The average molecular weight is 317 g/mol. The van der Waals surface area contributed by atoms with Gasteiger partial charge in [-0.3, -0.25) is 4.68 Å². The smallest absolute Gasteiger partial charge is 0.141 e. The second-order valence-corrected chi connectivity index (χ2v) is 3.66. The van der Waals surface area contributed by atoms with Gasteiger partial charge in [0.1, 0.15) is 4.60 Å². The predicted molar refractivity (Wildman–Crippen MR) is 49.5 cm³/mol. The van der Waals surface area contributed by atoms with Crippen molar-refractivity contribution in [3.8, 4) is 0 Å². The van der Waals surface area contributed by atoms with E-state index < -0.39 is 0 Å². The van der Waals surface area contributed by atoms with Crippen LogP contribution >= 0.6 is 38.5 Å². The molecule has 0 radical (unpaired) electrons. The van der Waals surface area contributed by atoms with Gasteiger partial charge in [0.2, 0.25) is 0 Å². The van der Waals surface area contributed by atoms with Gasteiger partial charge >= 0.3 is 0 Å². The zero-order valence-corrected chi connectivity index (χ0v) is 9.05. The number of halogens is 2. The van der Waals surface area contributed by atoms with Gasteiger partial charge < -0.3 is 5.11 Å². The summed E-state index contributed by atoms with van der Waals surface area (Å²) in [5.74, 6) is 0. The molecule has 10 heavy (non-hydrogen) atoms. The van der Waals surface area contributed by atoms with Crippen molar-refractivity contribution in [2.24, 2.45) is 7.05 Å². The largest absolute Gasteiger partial charge is 0.390 e. The molecule has 1 aromatic rings. The topological polar surface area (TPSA) is 38.0 Å². The lowest BCUT2D eigenvalue weighted by atomic mass is 10.5. The van der Waals surface area contributed by atoms with Crippen molar-refractivity contribution in [3.63, 3.8) is 0 Å². The van der Waals surface area contributed by atoms with Crippen molar-refractivity contribution in [3.05, 3.63) is 13.9 Å². The van der Waals surface area contributed by atoms with Gasteiger partial charge in [-0.1, -0.05) is 0 Å². The summed E-state index contributed by atoms with van der Waals surface area (Å²) in [5, 5.41) is 12.9. The van der Waals surface area contributed by atoms with E-state index in [1.165, 1.54) is 0 Å². The van der Waals surface area contributed by atoms with E-state index in [0.29, 0.717) is 0 Å². The van der Waals surface area contributed by atoms with Gasteiger partial charge in [0.25, 0.3) is 0 Å². The van der Waals surface area contributed by atoms with Crippen LogP contribution in [0.4, 0.5) is 0 Å². The quantitative estimate of drug-likeness (QED) is 0.793. The summed E-state index contributed by atoms with van der Waals surface area (Å²) in [4.78, 5) is 0. The highest BCUT2D eigenvalue weighted by molar-refractivity contribution is 14.1. The minimum absolute atomic E-state index is 0.0351. The van der Waals surface area contributed by atoms with Crippen LogP contribution in [0.1, 0.15) is 5.69 Å². The Bertz CT molecular complexity index is 248. The summed E-state index contributed by atoms with van der Waals surface area (Å²) < 4.78 is 3.42. The molecule has 1 N–H and O–H groups in total. The Morgan fingerprint density at radius 1 is 1.80 bits per heavy atom. The molecule has 0 unspecified atom stereocenters. The maximum atomic E-state index is 8.83. The summed E-state index contributed by atoms with van der Waals surface area (Å²) in [5.41, 5.74) is 0.840. The maximum absolute atomic E-state index is 8.83. The number of hydrogen-bond acceptors (Lipinski definition) is 2. The van der Waals surface area contributed by atoms with E-state index in [4.69, 9.17) is 5.11 Å². The predicted octanol–water partition coefficient (Wildman–Crippen LogP) is 1.28. The third-order valence-electron chi connectivity index (χ3n) is 1.21. The molecule has 1 heterocycles. The van der Waals surface area contributed by atoms with Crippen LogP contribution in [0.3, 0.4) is 0 Å². The summed E-state index contributed by atoms with van der Waals surface area (Å²) in [6.07, 6.45) is 0. The van der Waals surface area contributed by atoms with Crippen molar-refractivity contribution < 1.29 is 5.11 Å². The van der Waals surface area contributed by atoms with Crippen molar-refractivity contribution >= 4 is 38.5 Å². The van der Waals surface area contributed by atoms with Crippen LogP contribution in [-0.4, -0.2) is 14.9 Å². The van der Waals surface area contributed by atoms with Gasteiger partial charge in [-0.15, -0.1) is 0 Å². The Hall–Kier alpha value is 0.380. The minimum Gasteiger partial charge on any atom is -0.390 e. The van der Waals surface area contributed by atoms with Gasteiger partial charge in [0, 0.05) is 7.05 Å². The van der Waals surface area contributed by atoms with Gasteiger partial charge in [-0.25, -0.2) is 0 Å². The lowest BCUT2D eigenvalue weighted by molar-refractivity contribution is 0.269. The van der Waals surface area contributed by atoms with E-state index in [1.54, 1.807) is 11.7 Å². The number of aromatic nitrogens is 2. The molecule has 0 aliphatic carbocycles. The summed E-state index contributed by atoms with van der Waals surface area (Å²) in [6.45, 7) is 0.0351. The Kier molecular flexibility index (Phi) is 2.70. The Morgan fingerprint density at radius 3 is 2.60 bits per heavy atom. The first kappa shape index (κ1) is 8.48. The van der Waals surface area contributed by atoms with Crippen LogP contribution in [-0.2, 0) is 13.7 Å². The monoisotopic (exact) mass is 316 g/mol. The molecule has 0 amide bonds. The number of aryl methyl sites for hydroxylation is 1. The van der Waals surface area contributed by atoms with Crippen molar-refractivity contribution in [2.45, 2.75) is 6.61 Å². The molecule has 1 rings (SSSR count). The van der Waals surface area contributed by atoms with E-state index >= 15 is 0 Å². The fourth-order valence-electron chi connectivity index (χ4n) is 0.669. The molecular formula is C5H6BrIN2O. The first-order chi connectivity index (χ1) is 4.66. The maximum Gasteiger partial charge on any atom is 0.141 e. The molecule has 0 bridgehead atoms. The van der Waals surface area contributed by atoms with Crippen LogP contribution < -0.4 is 0 Å². The lowest BCUT2D eigenvalue weighted by Crippen LogP contribution is -1.98. The summed E-state index contributed by atoms with van der Waals surface area (Å²) in [6, 6.07) is 0. The molecule has 0 aliphatic rings. The number of aliphatic hydroxyl groups excluding tert-OH is 1. The van der Waals surface area contributed by atoms with Crippen molar-refractivity contribution in [2.75, 3.05) is 0 Å². The van der Waals surface area contributed by atoms with E-state index in [1.807, 2.05) is 0 Å². The third-order valence-corrected chi connectivity index (χ3v) is 3.64. The number of aliphatic hydroxyl groups is 1. The van der Waals surface area contributed by atoms with Crippen LogP contribution in [0.25, 0.3) is 0 Å². The fourth-order valence-corrected chi connectivity index (χ4v) is 1.76. The first-order valence-electron chi connectivity index (χ1n) is 2.64. The van der Waals surface area contributed by atoms with Crippen molar-refractivity contribution in [1.82, 2.24) is 9.78 Å². The Morgan fingerprint density at radius 2 is 2.40 bits per heavy atom. The van der Waals surface area contributed by atoms with E-state index in [2.05, 4.69) is 43.6 Å². The SMILES string of the molecule is Cn1nc(Br)c(I)c1CO. The third kappa shape index (κ3) is 1.35. The second-order valence-electron chi connectivity index (χ2n) is 1.83. The van der Waals surface area contributed by atoms with Gasteiger partial charge in [0.05, 0.1) is 15.9 Å². The van der Waals surface area contributed by atoms with Gasteiger partial charge in [-0.05, 0) is 38.5 Å². The highest BCUT2D eigenvalue weighted by Crippen LogP contribution is 2.20. The van der Waals surface area contributed by atoms with Crippen LogP contribution in [0.5, 0.6) is 0 Å². The average Bonchev–Trinajstić information content (AvgIpc) is 2.09. The summed E-state index contributed by atoms with van der Waals surface area (Å²) in [7, 11) is 1.80. The second kappa shape index (κ2) is 3.19. The van der Waals surface area contributed by atoms with Crippen LogP contribution in [0.2, 0.25) is 0 Å². The number of rotatable bonds is 1. The molecule has 0 spiro atoms. The molecule has 5 heteroatoms. The zero-order valence-electron chi connectivity index (χ0n) is 5.30. The highest BCUT2D eigenvalue weighted by Gasteiger charge is 2.09. The molecule has 56 valence electrons. The minimum atomic E-state index is 0.0351. The lowest BCUT2D eigenvalue weighted by Gasteiger charge is -1.94. The molecule has 0 saturated heterocycles. The molecule has 1 aromatic heterocycles. The van der Waals surface area contributed by atoms with E-state index in [9.17, 15) is 0 Å². The normalized spacial score (nSPS) is 10.4. The molecular weight excluding hydrogens is 311 g/mol. The van der Waals surface area contributed by atoms with Crippen molar-refractivity contribution in [1.29, 1.82) is 0 Å². The number of hydrogen-bond donors (Lipinski definition) is 1. The molecule has 0 atom stereocenters. The Labute approximate surface area is 80.7 Å². The van der Waals surface area contributed by atoms with Crippen LogP contribution in [0.15, 0.2) is 4.60 Å². The van der Waals surface area contributed by atoms with E-state index in [-0.39, 0.29) is 6.61 Å². The summed E-state index contributed by atoms with van der Waals surface area (Å²) >= 11 is 5.39. The molecule has 0 saturated carbocycles. The zero-order chi connectivity index (χ0) is 7.72. The molecule has 0 fully saturated rings. The molecule has 0 aromatic carbocycles.